The van der Waals surface area contributed by atoms with Gasteiger partial charge < -0.3 is 10.4 Å². The van der Waals surface area contributed by atoms with Crippen LogP contribution in [0.1, 0.15) is 26.4 Å². The van der Waals surface area contributed by atoms with Crippen LogP contribution >= 0.6 is 11.6 Å². The first kappa shape index (κ1) is 14.0. The number of carboxylic acid groups (broad SMARTS) is 1. The Hall–Kier alpha value is -2.47. The van der Waals surface area contributed by atoms with Gasteiger partial charge in [-0.05, 0) is 31.2 Å². The molecule has 0 fully saturated rings. The fourth-order valence-electron chi connectivity index (χ4n) is 1.54. The van der Waals surface area contributed by atoms with Crippen molar-refractivity contribution in [3.8, 4) is 0 Å². The number of hydrogen-bond acceptors (Lipinski definition) is 4. The fraction of sp³-hybridized carbons (Fsp3) is 0.0769. The lowest BCUT2D eigenvalue weighted by molar-refractivity contribution is 0.0696. The summed E-state index contributed by atoms with van der Waals surface area (Å²) in [6.45, 7) is 1.72. The van der Waals surface area contributed by atoms with E-state index in [4.69, 9.17) is 16.7 Å². The summed E-state index contributed by atoms with van der Waals surface area (Å²) in [6.07, 6.45) is 1.17. The number of amides is 1. The van der Waals surface area contributed by atoms with E-state index in [0.29, 0.717) is 11.3 Å². The quantitative estimate of drug-likeness (QED) is 0.847. The van der Waals surface area contributed by atoms with Gasteiger partial charge in [0, 0.05) is 17.5 Å². The Morgan fingerprint density at radius 3 is 2.55 bits per heavy atom. The predicted molar refractivity (Wildman–Crippen MR) is 73.1 cm³/mol. The van der Waals surface area contributed by atoms with Crippen molar-refractivity contribution in [3.63, 3.8) is 0 Å². The van der Waals surface area contributed by atoms with E-state index in [2.05, 4.69) is 15.3 Å². The van der Waals surface area contributed by atoms with Crippen LogP contribution in [0.25, 0.3) is 0 Å². The van der Waals surface area contributed by atoms with Gasteiger partial charge in [-0.1, -0.05) is 11.6 Å². The number of hydrogen-bond donors (Lipinski definition) is 2. The van der Waals surface area contributed by atoms with Crippen LogP contribution in [0.2, 0.25) is 5.15 Å². The van der Waals surface area contributed by atoms with Crippen molar-refractivity contribution >= 4 is 29.3 Å². The smallest absolute Gasteiger partial charge is 0.337 e. The van der Waals surface area contributed by atoms with Crippen molar-refractivity contribution in [2.75, 3.05) is 5.32 Å². The van der Waals surface area contributed by atoms with Crippen LogP contribution in [0.15, 0.2) is 30.5 Å². The van der Waals surface area contributed by atoms with Gasteiger partial charge in [0.25, 0.3) is 5.91 Å². The van der Waals surface area contributed by atoms with Gasteiger partial charge in [0.1, 0.15) is 11.0 Å². The second kappa shape index (κ2) is 5.66. The summed E-state index contributed by atoms with van der Waals surface area (Å²) in [5, 5.41) is 11.5. The van der Waals surface area contributed by atoms with Gasteiger partial charge in [0.2, 0.25) is 0 Å². The molecule has 0 spiro atoms. The van der Waals surface area contributed by atoms with E-state index in [1.165, 1.54) is 24.4 Å². The maximum atomic E-state index is 12.0. The second-order valence-electron chi connectivity index (χ2n) is 4.01. The number of pyridine rings is 2. The molecular formula is C13H10ClN3O3. The van der Waals surface area contributed by atoms with E-state index in [-0.39, 0.29) is 16.5 Å². The van der Waals surface area contributed by atoms with Gasteiger partial charge in [0.05, 0.1) is 5.56 Å². The highest BCUT2D eigenvalue weighted by atomic mass is 35.5. The number of aryl methyl sites for hydroxylation is 1. The molecule has 0 radical (unpaired) electrons. The second-order valence-corrected chi connectivity index (χ2v) is 4.40. The molecule has 20 heavy (non-hydrogen) atoms. The molecule has 6 nitrogen and oxygen atoms in total. The zero-order valence-electron chi connectivity index (χ0n) is 10.4. The Labute approximate surface area is 119 Å². The zero-order valence-corrected chi connectivity index (χ0v) is 11.2. The molecule has 7 heteroatoms. The van der Waals surface area contributed by atoms with Gasteiger partial charge in [-0.2, -0.15) is 0 Å². The number of carbonyl (C=O) groups excluding carboxylic acids is 1. The lowest BCUT2D eigenvalue weighted by Crippen LogP contribution is -2.13. The molecule has 102 valence electrons. The Balaban J connectivity index is 2.16. The van der Waals surface area contributed by atoms with Crippen LogP contribution in [-0.4, -0.2) is 27.0 Å². The minimum Gasteiger partial charge on any atom is -0.478 e. The molecular weight excluding hydrogens is 282 g/mol. The monoisotopic (exact) mass is 291 g/mol. The molecule has 0 aliphatic rings. The Kier molecular flexibility index (Phi) is 3.95. The highest BCUT2D eigenvalue weighted by Gasteiger charge is 2.10. The predicted octanol–water partition coefficient (Wildman–Crippen LogP) is 2.39. The van der Waals surface area contributed by atoms with E-state index < -0.39 is 11.9 Å². The molecule has 2 N–H and O–H groups in total. The number of halogens is 1. The van der Waals surface area contributed by atoms with Crippen molar-refractivity contribution in [3.05, 3.63) is 52.4 Å². The third kappa shape index (κ3) is 3.30. The van der Waals surface area contributed by atoms with E-state index in [1.54, 1.807) is 13.0 Å². The van der Waals surface area contributed by atoms with E-state index in [9.17, 15) is 9.59 Å². The number of carboxylic acids is 1. The minimum atomic E-state index is -1.08. The maximum absolute atomic E-state index is 12.0. The Morgan fingerprint density at radius 1 is 1.25 bits per heavy atom. The minimum absolute atomic E-state index is 0.0470. The van der Waals surface area contributed by atoms with E-state index >= 15 is 0 Å². The molecule has 2 aromatic rings. The molecule has 0 aromatic carbocycles. The van der Waals surface area contributed by atoms with Crippen molar-refractivity contribution < 1.29 is 14.7 Å². The largest absolute Gasteiger partial charge is 0.478 e. The fourth-order valence-corrected chi connectivity index (χ4v) is 1.79. The number of carbonyl (C=O) groups is 2. The summed E-state index contributed by atoms with van der Waals surface area (Å²) >= 11 is 5.78. The molecule has 0 aliphatic heterocycles. The van der Waals surface area contributed by atoms with Gasteiger partial charge in [0.15, 0.2) is 0 Å². The highest BCUT2D eigenvalue weighted by Crippen LogP contribution is 2.12. The molecule has 2 heterocycles. The van der Waals surface area contributed by atoms with Crippen LogP contribution in [-0.2, 0) is 0 Å². The molecule has 2 aromatic heterocycles. The van der Waals surface area contributed by atoms with Gasteiger partial charge in [-0.3, -0.25) is 4.79 Å². The van der Waals surface area contributed by atoms with E-state index in [0.717, 1.165) is 0 Å². The van der Waals surface area contributed by atoms with Crippen molar-refractivity contribution in [2.45, 2.75) is 6.92 Å². The third-order valence-electron chi connectivity index (χ3n) is 2.44. The summed E-state index contributed by atoms with van der Waals surface area (Å²) in [5.41, 5.74) is 1.02. The van der Waals surface area contributed by atoms with E-state index in [1.807, 2.05) is 0 Å². The zero-order chi connectivity index (χ0) is 14.7. The lowest BCUT2D eigenvalue weighted by atomic mass is 10.2. The number of aromatic nitrogens is 2. The Bertz CT molecular complexity index is 651. The lowest BCUT2D eigenvalue weighted by Gasteiger charge is -2.05. The summed E-state index contributed by atoms with van der Waals surface area (Å²) in [7, 11) is 0. The standard InChI is InChI=1S/C13H10ClN3O3/c1-7-4-9(5-10(14)16-7)12(18)17-11-3-2-8(6-15-11)13(19)20/h2-6H,1H3,(H,19,20)(H,15,17,18). The van der Waals surface area contributed by atoms with Gasteiger partial charge in [-0.15, -0.1) is 0 Å². The van der Waals surface area contributed by atoms with Crippen molar-refractivity contribution in [1.29, 1.82) is 0 Å². The molecule has 0 unspecified atom stereocenters. The van der Waals surface area contributed by atoms with Crippen LogP contribution < -0.4 is 5.32 Å². The van der Waals surface area contributed by atoms with Gasteiger partial charge >= 0.3 is 5.97 Å². The maximum Gasteiger partial charge on any atom is 0.337 e. The number of aromatic carboxylic acids is 1. The summed E-state index contributed by atoms with van der Waals surface area (Å²) < 4.78 is 0. The topological polar surface area (TPSA) is 92.2 Å². The summed E-state index contributed by atoms with van der Waals surface area (Å²) in [4.78, 5) is 30.5. The SMILES string of the molecule is Cc1cc(C(=O)Nc2ccc(C(=O)O)cn2)cc(Cl)n1. The third-order valence-corrected chi connectivity index (χ3v) is 2.63. The first-order valence-corrected chi connectivity index (χ1v) is 5.98. The normalized spacial score (nSPS) is 10.1. The molecule has 0 saturated carbocycles. The molecule has 0 bridgehead atoms. The Morgan fingerprint density at radius 2 is 2.00 bits per heavy atom. The van der Waals surface area contributed by atoms with Crippen molar-refractivity contribution in [2.24, 2.45) is 0 Å². The number of nitrogens with one attached hydrogen (secondary N) is 1. The molecule has 1 amide bonds. The molecule has 0 aliphatic carbocycles. The number of nitrogens with zero attached hydrogens (tertiary/aromatic N) is 2. The average molecular weight is 292 g/mol. The summed E-state index contributed by atoms with van der Waals surface area (Å²) in [5.74, 6) is -1.22. The van der Waals surface area contributed by atoms with Gasteiger partial charge in [-0.25, -0.2) is 14.8 Å². The molecule has 0 saturated heterocycles. The number of anilines is 1. The van der Waals surface area contributed by atoms with Crippen LogP contribution in [0.4, 0.5) is 5.82 Å². The first-order chi connectivity index (χ1) is 9.45. The molecule has 0 atom stereocenters. The molecule has 2 rings (SSSR count). The average Bonchev–Trinajstić information content (AvgIpc) is 2.38. The van der Waals surface area contributed by atoms with Crippen LogP contribution in [0, 0.1) is 6.92 Å². The van der Waals surface area contributed by atoms with Crippen LogP contribution in [0.5, 0.6) is 0 Å². The van der Waals surface area contributed by atoms with Crippen molar-refractivity contribution in [1.82, 2.24) is 9.97 Å². The first-order valence-electron chi connectivity index (χ1n) is 5.60. The number of rotatable bonds is 3. The highest BCUT2D eigenvalue weighted by molar-refractivity contribution is 6.29. The summed E-state index contributed by atoms with van der Waals surface area (Å²) in [6, 6.07) is 5.80. The van der Waals surface area contributed by atoms with Crippen LogP contribution in [0.3, 0.4) is 0 Å².